The molecule has 1 aliphatic rings. The van der Waals surface area contributed by atoms with E-state index in [1.807, 2.05) is 0 Å². The number of hydrogen-bond donors (Lipinski definition) is 1. The molecule has 2 heterocycles. The molecule has 2 atom stereocenters. The van der Waals surface area contributed by atoms with E-state index in [0.717, 1.165) is 19.4 Å². The molecule has 7 nitrogen and oxygen atoms in total. The van der Waals surface area contributed by atoms with E-state index in [9.17, 15) is 15.2 Å². The Labute approximate surface area is 118 Å². The molecular weight excluding hydrogens is 260 g/mol. The number of aryl methyl sites for hydroxylation is 1. The standard InChI is InChI=1S/C13H22N4O3/c1-10-5-3-4-6-15(10)8-12(18)9-16-11(2)14-7-13(16)17(19)20/h7,10,12,18H,3-6,8-9H2,1-2H3. The van der Waals surface area contributed by atoms with Crippen LogP contribution in [0.1, 0.15) is 32.0 Å². The molecule has 0 spiro atoms. The van der Waals surface area contributed by atoms with Gasteiger partial charge in [0.05, 0.1) is 0 Å². The largest absolute Gasteiger partial charge is 0.388 e. The zero-order valence-corrected chi connectivity index (χ0v) is 12.0. The molecule has 112 valence electrons. The molecule has 0 aliphatic carbocycles. The van der Waals surface area contributed by atoms with Crippen molar-refractivity contribution in [1.29, 1.82) is 0 Å². The van der Waals surface area contributed by atoms with Crippen LogP contribution in [0.5, 0.6) is 0 Å². The number of aliphatic hydroxyl groups excluding tert-OH is 1. The van der Waals surface area contributed by atoms with Crippen molar-refractivity contribution in [2.24, 2.45) is 0 Å². The van der Waals surface area contributed by atoms with Crippen LogP contribution < -0.4 is 0 Å². The number of rotatable bonds is 5. The Kier molecular flexibility index (Phi) is 4.72. The zero-order chi connectivity index (χ0) is 14.7. The summed E-state index contributed by atoms with van der Waals surface area (Å²) in [6, 6.07) is 0.470. The average Bonchev–Trinajstić information content (AvgIpc) is 2.74. The van der Waals surface area contributed by atoms with E-state index >= 15 is 0 Å². The van der Waals surface area contributed by atoms with Gasteiger partial charge in [-0.15, -0.1) is 0 Å². The van der Waals surface area contributed by atoms with Gasteiger partial charge >= 0.3 is 5.82 Å². The molecule has 2 unspecified atom stereocenters. The lowest BCUT2D eigenvalue weighted by molar-refractivity contribution is -0.392. The minimum atomic E-state index is -0.623. The number of likely N-dealkylation sites (tertiary alicyclic amines) is 1. The van der Waals surface area contributed by atoms with Gasteiger partial charge in [-0.25, -0.2) is 9.55 Å². The van der Waals surface area contributed by atoms with Gasteiger partial charge < -0.3 is 15.2 Å². The van der Waals surface area contributed by atoms with Crippen molar-refractivity contribution >= 4 is 5.82 Å². The predicted molar refractivity (Wildman–Crippen MR) is 74.5 cm³/mol. The molecule has 2 rings (SSSR count). The maximum absolute atomic E-state index is 10.9. The second-order valence-corrected chi connectivity index (χ2v) is 5.52. The van der Waals surface area contributed by atoms with Crippen molar-refractivity contribution in [3.63, 3.8) is 0 Å². The van der Waals surface area contributed by atoms with Crippen molar-refractivity contribution in [3.8, 4) is 0 Å². The summed E-state index contributed by atoms with van der Waals surface area (Å²) in [5, 5.41) is 21.1. The van der Waals surface area contributed by atoms with Crippen LogP contribution in [0.4, 0.5) is 5.82 Å². The molecule has 20 heavy (non-hydrogen) atoms. The summed E-state index contributed by atoms with van der Waals surface area (Å²) in [5.41, 5.74) is 0. The molecule has 0 bridgehead atoms. The first-order valence-corrected chi connectivity index (χ1v) is 7.07. The Morgan fingerprint density at radius 3 is 2.95 bits per heavy atom. The summed E-state index contributed by atoms with van der Waals surface area (Å²) in [6.07, 6.45) is 4.16. The van der Waals surface area contributed by atoms with E-state index in [0.29, 0.717) is 18.4 Å². The van der Waals surface area contributed by atoms with Crippen molar-refractivity contribution in [3.05, 3.63) is 22.1 Å². The molecule has 1 fully saturated rings. The smallest absolute Gasteiger partial charge is 0.342 e. The quantitative estimate of drug-likeness (QED) is 0.650. The summed E-state index contributed by atoms with van der Waals surface area (Å²) >= 11 is 0. The number of hydrogen-bond acceptors (Lipinski definition) is 5. The summed E-state index contributed by atoms with van der Waals surface area (Å²) in [7, 11) is 0. The SMILES string of the molecule is Cc1ncc([N+](=O)[O-])n1CC(O)CN1CCCCC1C. The van der Waals surface area contributed by atoms with Crippen LogP contribution in [0, 0.1) is 17.0 Å². The Morgan fingerprint density at radius 2 is 2.30 bits per heavy atom. The van der Waals surface area contributed by atoms with E-state index < -0.39 is 11.0 Å². The first-order valence-electron chi connectivity index (χ1n) is 7.07. The summed E-state index contributed by atoms with van der Waals surface area (Å²) < 4.78 is 1.47. The highest BCUT2D eigenvalue weighted by Gasteiger charge is 2.24. The van der Waals surface area contributed by atoms with E-state index in [2.05, 4.69) is 16.8 Å². The second kappa shape index (κ2) is 6.32. The minimum absolute atomic E-state index is 0.0618. The third kappa shape index (κ3) is 3.34. The van der Waals surface area contributed by atoms with Gasteiger partial charge in [0, 0.05) is 19.5 Å². The molecular formula is C13H22N4O3. The fraction of sp³-hybridized carbons (Fsp3) is 0.769. The van der Waals surface area contributed by atoms with Crippen LogP contribution >= 0.6 is 0 Å². The highest BCUT2D eigenvalue weighted by Crippen LogP contribution is 2.18. The van der Waals surface area contributed by atoms with E-state index in [1.165, 1.54) is 17.2 Å². The van der Waals surface area contributed by atoms with Crippen molar-refractivity contribution in [2.75, 3.05) is 13.1 Å². The third-order valence-electron chi connectivity index (χ3n) is 4.00. The van der Waals surface area contributed by atoms with Gasteiger partial charge in [-0.3, -0.25) is 4.90 Å². The highest BCUT2D eigenvalue weighted by molar-refractivity contribution is 5.18. The lowest BCUT2D eigenvalue weighted by Gasteiger charge is -2.34. The Hall–Kier alpha value is -1.47. The summed E-state index contributed by atoms with van der Waals surface area (Å²) in [4.78, 5) is 16.7. The lowest BCUT2D eigenvalue weighted by Crippen LogP contribution is -2.43. The fourth-order valence-electron chi connectivity index (χ4n) is 2.80. The monoisotopic (exact) mass is 282 g/mol. The summed E-state index contributed by atoms with van der Waals surface area (Å²) in [6.45, 7) is 5.63. The van der Waals surface area contributed by atoms with Crippen molar-refractivity contribution in [2.45, 2.75) is 51.8 Å². The predicted octanol–water partition coefficient (Wildman–Crippen LogP) is 1.34. The molecule has 7 heteroatoms. The fourth-order valence-corrected chi connectivity index (χ4v) is 2.80. The zero-order valence-electron chi connectivity index (χ0n) is 12.0. The normalized spacial score (nSPS) is 21.9. The molecule has 1 aromatic rings. The lowest BCUT2D eigenvalue weighted by atomic mass is 10.0. The topological polar surface area (TPSA) is 84.4 Å². The van der Waals surface area contributed by atoms with Gasteiger partial charge in [0.25, 0.3) is 0 Å². The van der Waals surface area contributed by atoms with Gasteiger partial charge in [0.1, 0.15) is 18.8 Å². The number of nitro groups is 1. The Bertz CT molecular complexity index is 474. The number of β-amino-alcohol motifs (C(OH)–C–C–N with tert-alkyl or cyclic N) is 1. The molecule has 1 N–H and O–H groups in total. The Balaban J connectivity index is 1.99. The van der Waals surface area contributed by atoms with Gasteiger partial charge in [-0.05, 0) is 31.2 Å². The van der Waals surface area contributed by atoms with Gasteiger partial charge in [-0.1, -0.05) is 6.42 Å². The third-order valence-corrected chi connectivity index (χ3v) is 4.00. The van der Waals surface area contributed by atoms with Crippen molar-refractivity contribution < 1.29 is 10.0 Å². The second-order valence-electron chi connectivity index (χ2n) is 5.52. The molecule has 0 saturated carbocycles. The van der Waals surface area contributed by atoms with Gasteiger partial charge in [-0.2, -0.15) is 0 Å². The minimum Gasteiger partial charge on any atom is -0.388 e. The number of nitrogens with zero attached hydrogens (tertiary/aromatic N) is 4. The maximum atomic E-state index is 10.9. The van der Waals surface area contributed by atoms with Crippen LogP contribution in [0.25, 0.3) is 0 Å². The van der Waals surface area contributed by atoms with Crippen LogP contribution in [-0.4, -0.2) is 49.7 Å². The summed E-state index contributed by atoms with van der Waals surface area (Å²) in [5.74, 6) is 0.496. The van der Waals surface area contributed by atoms with Crippen LogP contribution in [-0.2, 0) is 6.54 Å². The number of aliphatic hydroxyl groups is 1. The molecule has 0 amide bonds. The van der Waals surface area contributed by atoms with Gasteiger partial charge in [0.15, 0.2) is 5.82 Å². The first-order chi connectivity index (χ1) is 9.49. The molecule has 0 aromatic carbocycles. The Morgan fingerprint density at radius 1 is 1.55 bits per heavy atom. The van der Waals surface area contributed by atoms with Crippen LogP contribution in [0.15, 0.2) is 6.20 Å². The van der Waals surface area contributed by atoms with E-state index in [4.69, 9.17) is 0 Å². The van der Waals surface area contributed by atoms with E-state index in [1.54, 1.807) is 6.92 Å². The highest BCUT2D eigenvalue weighted by atomic mass is 16.6. The number of piperidine rings is 1. The molecule has 1 aliphatic heterocycles. The van der Waals surface area contributed by atoms with Crippen molar-refractivity contribution in [1.82, 2.24) is 14.5 Å². The molecule has 1 saturated heterocycles. The van der Waals surface area contributed by atoms with Crippen LogP contribution in [0.2, 0.25) is 0 Å². The number of imidazole rings is 1. The van der Waals surface area contributed by atoms with Gasteiger partial charge in [0.2, 0.25) is 0 Å². The van der Waals surface area contributed by atoms with E-state index in [-0.39, 0.29) is 12.4 Å². The maximum Gasteiger partial charge on any atom is 0.342 e. The molecule has 1 aromatic heterocycles. The first kappa shape index (κ1) is 14.9. The number of aromatic nitrogens is 2. The van der Waals surface area contributed by atoms with Crippen LogP contribution in [0.3, 0.4) is 0 Å². The average molecular weight is 282 g/mol. The molecule has 0 radical (unpaired) electrons.